The second kappa shape index (κ2) is 7.70. The third-order valence-electron chi connectivity index (χ3n) is 7.26. The average molecular weight is 420 g/mol. The van der Waals surface area contributed by atoms with Crippen LogP contribution < -0.4 is 10.1 Å². The van der Waals surface area contributed by atoms with Gasteiger partial charge in [-0.2, -0.15) is 0 Å². The Bertz CT molecular complexity index is 1120. The van der Waals surface area contributed by atoms with Gasteiger partial charge in [-0.05, 0) is 68.1 Å². The minimum Gasteiger partial charge on any atom is -0.496 e. The van der Waals surface area contributed by atoms with Gasteiger partial charge >= 0.3 is 5.97 Å². The summed E-state index contributed by atoms with van der Waals surface area (Å²) >= 11 is 0. The zero-order chi connectivity index (χ0) is 21.6. The molecule has 3 aromatic rings. The van der Waals surface area contributed by atoms with Gasteiger partial charge in [-0.1, -0.05) is 12.1 Å². The van der Waals surface area contributed by atoms with Crippen molar-refractivity contribution in [2.75, 3.05) is 20.2 Å². The molecule has 31 heavy (non-hydrogen) atoms. The third-order valence-corrected chi connectivity index (χ3v) is 7.26. The number of hydrogen-bond donors (Lipinski definition) is 3. The predicted molar refractivity (Wildman–Crippen MR) is 121 cm³/mol. The molecule has 2 saturated heterocycles. The van der Waals surface area contributed by atoms with Crippen LogP contribution >= 0.6 is 0 Å². The molecule has 0 saturated carbocycles. The van der Waals surface area contributed by atoms with Gasteiger partial charge in [-0.25, -0.2) is 4.79 Å². The fourth-order valence-corrected chi connectivity index (χ4v) is 5.65. The number of H-pyrrole nitrogens is 1. The number of aromatic nitrogens is 1. The van der Waals surface area contributed by atoms with E-state index in [2.05, 4.69) is 34.3 Å². The van der Waals surface area contributed by atoms with Crippen molar-refractivity contribution >= 4 is 16.9 Å². The first-order valence-electron chi connectivity index (χ1n) is 11.0. The summed E-state index contributed by atoms with van der Waals surface area (Å²) in [5, 5.41) is 14.2. The summed E-state index contributed by atoms with van der Waals surface area (Å²) in [6, 6.07) is 12.3. The second-order valence-electron chi connectivity index (χ2n) is 8.87. The summed E-state index contributed by atoms with van der Waals surface area (Å²) in [5.41, 5.74) is 4.99. The fourth-order valence-electron chi connectivity index (χ4n) is 5.65. The van der Waals surface area contributed by atoms with Crippen LogP contribution in [0.25, 0.3) is 10.9 Å². The molecule has 2 aromatic carbocycles. The topological polar surface area (TPSA) is 77.6 Å². The highest BCUT2D eigenvalue weighted by Gasteiger charge is 2.46. The Morgan fingerprint density at radius 1 is 1.29 bits per heavy atom. The number of aromatic amines is 1. The lowest BCUT2D eigenvalue weighted by Gasteiger charge is -2.54. The number of carboxylic acid groups (broad SMARTS) is 1. The van der Waals surface area contributed by atoms with E-state index in [9.17, 15) is 9.90 Å². The van der Waals surface area contributed by atoms with Crippen LogP contribution in [0.4, 0.5) is 0 Å². The number of piperidine rings is 2. The van der Waals surface area contributed by atoms with Crippen LogP contribution in [-0.4, -0.2) is 47.2 Å². The summed E-state index contributed by atoms with van der Waals surface area (Å²) < 4.78 is 5.81. The molecule has 0 radical (unpaired) electrons. The van der Waals surface area contributed by atoms with Gasteiger partial charge in [-0.15, -0.1) is 0 Å². The maximum Gasteiger partial charge on any atom is 0.335 e. The number of aromatic carboxylic acids is 1. The smallest absolute Gasteiger partial charge is 0.335 e. The molecule has 2 fully saturated rings. The SMILES string of the molecule is COc1cc(C)c2[nH]ccc2c1CN1CC[C@H]2C[C@]1(c1ccc(C(=O)O)cc1)CCN2. The van der Waals surface area contributed by atoms with Crippen LogP contribution in [0.2, 0.25) is 0 Å². The van der Waals surface area contributed by atoms with Crippen molar-refractivity contribution in [1.29, 1.82) is 0 Å². The van der Waals surface area contributed by atoms with Crippen molar-refractivity contribution in [2.24, 2.45) is 0 Å². The molecule has 0 aliphatic carbocycles. The number of methoxy groups -OCH3 is 1. The van der Waals surface area contributed by atoms with Crippen LogP contribution in [0.15, 0.2) is 42.6 Å². The van der Waals surface area contributed by atoms with Crippen LogP contribution in [0, 0.1) is 6.92 Å². The summed E-state index contributed by atoms with van der Waals surface area (Å²) in [7, 11) is 1.74. The van der Waals surface area contributed by atoms with E-state index in [1.54, 1.807) is 19.2 Å². The zero-order valence-electron chi connectivity index (χ0n) is 18.1. The van der Waals surface area contributed by atoms with Crippen molar-refractivity contribution < 1.29 is 14.6 Å². The van der Waals surface area contributed by atoms with E-state index in [1.165, 1.54) is 22.1 Å². The largest absolute Gasteiger partial charge is 0.496 e. The molecule has 3 heterocycles. The van der Waals surface area contributed by atoms with Crippen molar-refractivity contribution in [3.8, 4) is 5.75 Å². The van der Waals surface area contributed by atoms with Crippen LogP contribution in [0.5, 0.6) is 5.75 Å². The Morgan fingerprint density at radius 3 is 2.84 bits per heavy atom. The minimum atomic E-state index is -0.882. The van der Waals surface area contributed by atoms with Crippen LogP contribution in [0.1, 0.15) is 46.3 Å². The van der Waals surface area contributed by atoms with Crippen molar-refractivity contribution in [1.82, 2.24) is 15.2 Å². The van der Waals surface area contributed by atoms with E-state index in [0.29, 0.717) is 11.6 Å². The van der Waals surface area contributed by atoms with E-state index in [4.69, 9.17) is 4.74 Å². The highest BCUT2D eigenvalue weighted by Crippen LogP contribution is 2.45. The van der Waals surface area contributed by atoms with Gasteiger partial charge in [-0.3, -0.25) is 4.90 Å². The quantitative estimate of drug-likeness (QED) is 0.582. The molecule has 3 N–H and O–H groups in total. The number of fused-ring (bicyclic) bond motifs is 3. The van der Waals surface area contributed by atoms with Gasteiger partial charge in [0.1, 0.15) is 5.75 Å². The number of carboxylic acids is 1. The molecule has 6 heteroatoms. The lowest BCUT2D eigenvalue weighted by molar-refractivity contribution is -0.00844. The Morgan fingerprint density at radius 2 is 2.10 bits per heavy atom. The Labute approximate surface area is 182 Å². The van der Waals surface area contributed by atoms with Gasteiger partial charge in [0.15, 0.2) is 0 Å². The Hall–Kier alpha value is -2.83. The van der Waals surface area contributed by atoms with Crippen LogP contribution in [0.3, 0.4) is 0 Å². The normalized spacial score (nSPS) is 23.7. The molecule has 0 unspecified atom stereocenters. The third kappa shape index (κ3) is 3.30. The van der Waals surface area contributed by atoms with Crippen molar-refractivity contribution in [2.45, 2.75) is 44.3 Å². The molecule has 2 bridgehead atoms. The van der Waals surface area contributed by atoms with Gasteiger partial charge in [0, 0.05) is 47.3 Å². The molecule has 0 amide bonds. The molecule has 162 valence electrons. The van der Waals surface area contributed by atoms with Gasteiger partial charge in [0.25, 0.3) is 0 Å². The summed E-state index contributed by atoms with van der Waals surface area (Å²) in [6.07, 6.45) is 5.14. The molecule has 0 spiro atoms. The molecule has 2 aliphatic heterocycles. The summed E-state index contributed by atoms with van der Waals surface area (Å²) in [6.45, 7) is 4.86. The van der Waals surface area contributed by atoms with Gasteiger partial charge in [0.2, 0.25) is 0 Å². The number of nitrogens with zero attached hydrogens (tertiary/aromatic N) is 1. The van der Waals surface area contributed by atoms with Crippen molar-refractivity contribution in [3.63, 3.8) is 0 Å². The number of rotatable bonds is 5. The fraction of sp³-hybridized carbons (Fsp3) is 0.400. The first-order chi connectivity index (χ1) is 15.0. The van der Waals surface area contributed by atoms with E-state index in [0.717, 1.165) is 50.2 Å². The van der Waals surface area contributed by atoms with E-state index >= 15 is 0 Å². The molecule has 1 aromatic heterocycles. The predicted octanol–water partition coefficient (Wildman–Crippen LogP) is 4.04. The Balaban J connectivity index is 1.58. The highest BCUT2D eigenvalue weighted by atomic mass is 16.5. The monoisotopic (exact) mass is 419 g/mol. The van der Waals surface area contributed by atoms with Crippen molar-refractivity contribution in [3.05, 3.63) is 64.8 Å². The van der Waals surface area contributed by atoms with E-state index in [-0.39, 0.29) is 5.54 Å². The maximum atomic E-state index is 11.4. The molecule has 6 nitrogen and oxygen atoms in total. The molecule has 2 aliphatic rings. The zero-order valence-corrected chi connectivity index (χ0v) is 18.1. The lowest BCUT2D eigenvalue weighted by atomic mass is 9.73. The molecular weight excluding hydrogens is 390 g/mol. The van der Waals surface area contributed by atoms with Gasteiger partial charge in [0.05, 0.1) is 12.7 Å². The first kappa shape index (κ1) is 20.1. The summed E-state index contributed by atoms with van der Waals surface area (Å²) in [5.74, 6) is 0.0454. The number of benzene rings is 2. The highest BCUT2D eigenvalue weighted by molar-refractivity contribution is 5.88. The number of hydrogen-bond acceptors (Lipinski definition) is 4. The van der Waals surface area contributed by atoms with E-state index in [1.807, 2.05) is 18.3 Å². The van der Waals surface area contributed by atoms with Gasteiger partial charge < -0.3 is 20.1 Å². The number of likely N-dealkylation sites (tertiary alicyclic amines) is 1. The minimum absolute atomic E-state index is 0.107. The average Bonchev–Trinajstić information content (AvgIpc) is 3.28. The second-order valence-corrected chi connectivity index (χ2v) is 8.87. The molecular formula is C25H29N3O3. The lowest BCUT2D eigenvalue weighted by Crippen LogP contribution is -2.60. The standard InChI is InChI=1S/C25H29N3O3/c1-16-13-22(31-2)21(20-7-10-27-23(16)20)15-28-12-8-19-14-25(28,9-11-26-19)18-5-3-17(4-6-18)24(29)30/h3-7,10,13,19,26-27H,8-9,11-12,14-15H2,1-2H3,(H,29,30)/t19-,25-/m0/s1. The number of aryl methyl sites for hydroxylation is 1. The molecule has 2 atom stereocenters. The number of ether oxygens (including phenoxy) is 1. The van der Waals surface area contributed by atoms with E-state index < -0.39 is 5.97 Å². The summed E-state index contributed by atoms with van der Waals surface area (Å²) in [4.78, 5) is 17.3. The Kier molecular flexibility index (Phi) is 4.99. The first-order valence-corrected chi connectivity index (χ1v) is 11.0. The van der Waals surface area contributed by atoms with Crippen LogP contribution in [-0.2, 0) is 12.1 Å². The maximum absolute atomic E-state index is 11.4. The number of nitrogens with one attached hydrogen (secondary N) is 2. The molecule has 5 rings (SSSR count). The number of carbonyl (C=O) groups is 1.